The Kier molecular flexibility index (Phi) is 4.22. The van der Waals surface area contributed by atoms with Crippen LogP contribution in [-0.2, 0) is 12.2 Å². The van der Waals surface area contributed by atoms with Crippen LogP contribution in [0.2, 0.25) is 0 Å². The molecule has 1 aliphatic rings. The fourth-order valence-electron chi connectivity index (χ4n) is 3.12. The molecule has 6 heteroatoms. The van der Waals surface area contributed by atoms with Gasteiger partial charge in [0.1, 0.15) is 5.82 Å². The molecule has 130 valence electrons. The molecule has 0 radical (unpaired) electrons. The maximum Gasteiger partial charge on any atom is 0.191 e. The number of hydrogen-bond acceptors (Lipinski definition) is 5. The van der Waals surface area contributed by atoms with Gasteiger partial charge in [-0.1, -0.05) is 42.1 Å². The van der Waals surface area contributed by atoms with Gasteiger partial charge in [0.15, 0.2) is 5.16 Å². The highest BCUT2D eigenvalue weighted by Crippen LogP contribution is 2.39. The maximum atomic E-state index is 4.77. The molecule has 0 atom stereocenters. The van der Waals surface area contributed by atoms with Crippen molar-refractivity contribution in [2.45, 2.75) is 36.2 Å². The van der Waals surface area contributed by atoms with E-state index in [1.54, 1.807) is 23.1 Å². The van der Waals surface area contributed by atoms with E-state index in [2.05, 4.69) is 56.5 Å². The number of para-hydroxylation sites is 1. The molecule has 5 rings (SSSR count). The molecular weight excluding hydrogens is 360 g/mol. The molecule has 0 unspecified atom stereocenters. The van der Waals surface area contributed by atoms with E-state index < -0.39 is 0 Å². The van der Waals surface area contributed by atoms with Crippen molar-refractivity contribution in [2.75, 3.05) is 0 Å². The molecule has 4 aromatic rings. The van der Waals surface area contributed by atoms with Gasteiger partial charge in [0, 0.05) is 28.5 Å². The summed E-state index contributed by atoms with van der Waals surface area (Å²) in [4.78, 5) is 6.11. The molecule has 0 aliphatic heterocycles. The highest BCUT2D eigenvalue weighted by atomic mass is 32.2. The van der Waals surface area contributed by atoms with Crippen LogP contribution in [0, 0.1) is 0 Å². The van der Waals surface area contributed by atoms with Crippen molar-refractivity contribution >= 4 is 34.0 Å². The summed E-state index contributed by atoms with van der Waals surface area (Å²) in [5.74, 6) is 1.90. The van der Waals surface area contributed by atoms with Gasteiger partial charge in [0.05, 0.1) is 11.2 Å². The molecule has 3 aromatic heterocycles. The van der Waals surface area contributed by atoms with E-state index in [1.807, 2.05) is 12.1 Å². The van der Waals surface area contributed by atoms with Crippen LogP contribution in [0.25, 0.3) is 10.9 Å². The maximum absolute atomic E-state index is 4.77. The zero-order chi connectivity index (χ0) is 17.3. The Morgan fingerprint density at radius 1 is 1.04 bits per heavy atom. The molecule has 0 N–H and O–H groups in total. The van der Waals surface area contributed by atoms with Gasteiger partial charge >= 0.3 is 0 Å². The molecule has 0 bridgehead atoms. The lowest BCUT2D eigenvalue weighted by Crippen LogP contribution is -2.03. The van der Waals surface area contributed by atoms with E-state index in [9.17, 15) is 0 Å². The van der Waals surface area contributed by atoms with E-state index in [4.69, 9.17) is 4.98 Å². The van der Waals surface area contributed by atoms with Gasteiger partial charge in [0.2, 0.25) is 0 Å². The zero-order valence-corrected chi connectivity index (χ0v) is 15.8. The van der Waals surface area contributed by atoms with Crippen LogP contribution in [-0.4, -0.2) is 19.7 Å². The van der Waals surface area contributed by atoms with Crippen molar-refractivity contribution in [1.82, 2.24) is 19.7 Å². The van der Waals surface area contributed by atoms with Gasteiger partial charge in [-0.05, 0) is 36.4 Å². The molecule has 3 heterocycles. The quantitative estimate of drug-likeness (QED) is 0.438. The third kappa shape index (κ3) is 3.27. The first-order valence-electron chi connectivity index (χ1n) is 8.80. The molecule has 26 heavy (non-hydrogen) atoms. The summed E-state index contributed by atoms with van der Waals surface area (Å²) < 4.78 is 2.35. The number of benzene rings is 1. The Bertz CT molecular complexity index is 1040. The molecule has 1 saturated carbocycles. The summed E-state index contributed by atoms with van der Waals surface area (Å²) in [6.45, 7) is 0. The second-order valence-corrected chi connectivity index (χ2v) is 8.51. The minimum atomic E-state index is 0.576. The van der Waals surface area contributed by atoms with Crippen LogP contribution in [0.5, 0.6) is 0 Å². The standard InChI is InChI=1S/C20H18N4S2/c1-2-6-18-14(4-1)7-8-15(21-18)13-26-20-23-22-19(24(20)16-9-10-16)12-17-5-3-11-25-17/h1-8,11,16H,9-10,12-13H2. The third-order valence-corrected chi connectivity index (χ3v) is 6.42. The number of fused-ring (bicyclic) bond motifs is 1. The van der Waals surface area contributed by atoms with E-state index >= 15 is 0 Å². The van der Waals surface area contributed by atoms with E-state index in [-0.39, 0.29) is 0 Å². The minimum Gasteiger partial charge on any atom is -0.303 e. The molecule has 4 nitrogen and oxygen atoms in total. The molecule has 1 fully saturated rings. The number of thiophene rings is 1. The summed E-state index contributed by atoms with van der Waals surface area (Å²) >= 11 is 3.52. The average Bonchev–Trinajstić information content (AvgIpc) is 3.22. The molecule has 0 saturated heterocycles. The molecular formula is C20H18N4S2. The minimum absolute atomic E-state index is 0.576. The Morgan fingerprint density at radius 3 is 2.81 bits per heavy atom. The van der Waals surface area contributed by atoms with Crippen molar-refractivity contribution < 1.29 is 0 Å². The SMILES string of the molecule is c1csc(Cc2nnc(SCc3ccc4ccccc4n3)n2C2CC2)c1. The van der Waals surface area contributed by atoms with Gasteiger partial charge in [-0.15, -0.1) is 21.5 Å². The third-order valence-electron chi connectivity index (χ3n) is 4.56. The monoisotopic (exact) mass is 378 g/mol. The Hall–Kier alpha value is -2.18. The summed E-state index contributed by atoms with van der Waals surface area (Å²) in [6.07, 6.45) is 3.34. The highest BCUT2D eigenvalue weighted by Gasteiger charge is 2.29. The zero-order valence-electron chi connectivity index (χ0n) is 14.2. The van der Waals surface area contributed by atoms with Crippen LogP contribution >= 0.6 is 23.1 Å². The van der Waals surface area contributed by atoms with Gasteiger partial charge in [0.25, 0.3) is 0 Å². The predicted molar refractivity (Wildman–Crippen MR) is 107 cm³/mol. The topological polar surface area (TPSA) is 43.6 Å². The summed E-state index contributed by atoms with van der Waals surface area (Å²) in [7, 11) is 0. The van der Waals surface area contributed by atoms with Gasteiger partial charge < -0.3 is 4.57 Å². The van der Waals surface area contributed by atoms with Crippen molar-refractivity contribution in [1.29, 1.82) is 0 Å². The Balaban J connectivity index is 1.37. The van der Waals surface area contributed by atoms with Crippen molar-refractivity contribution in [3.63, 3.8) is 0 Å². The van der Waals surface area contributed by atoms with Crippen LogP contribution in [0.3, 0.4) is 0 Å². The first-order chi connectivity index (χ1) is 12.9. The van der Waals surface area contributed by atoms with Crippen LogP contribution in [0.1, 0.15) is 35.3 Å². The Morgan fingerprint density at radius 2 is 1.96 bits per heavy atom. The average molecular weight is 379 g/mol. The summed E-state index contributed by atoms with van der Waals surface area (Å²) in [5, 5.41) is 13.3. The van der Waals surface area contributed by atoms with E-state index in [1.165, 1.54) is 23.1 Å². The predicted octanol–water partition coefficient (Wildman–Crippen LogP) is 5.11. The van der Waals surface area contributed by atoms with Gasteiger partial charge in [-0.3, -0.25) is 4.98 Å². The fraction of sp³-hybridized carbons (Fsp3) is 0.250. The van der Waals surface area contributed by atoms with Gasteiger partial charge in [-0.2, -0.15) is 0 Å². The normalized spacial score (nSPS) is 14.2. The van der Waals surface area contributed by atoms with Crippen LogP contribution < -0.4 is 0 Å². The lowest BCUT2D eigenvalue weighted by Gasteiger charge is -2.08. The van der Waals surface area contributed by atoms with Crippen molar-refractivity contribution in [3.8, 4) is 0 Å². The summed E-state index contributed by atoms with van der Waals surface area (Å²) in [5.41, 5.74) is 2.13. The molecule has 1 aliphatic carbocycles. The first-order valence-corrected chi connectivity index (χ1v) is 10.7. The lowest BCUT2D eigenvalue weighted by molar-refractivity contribution is 0.635. The lowest BCUT2D eigenvalue weighted by atomic mass is 10.2. The number of hydrogen-bond donors (Lipinski definition) is 0. The molecule has 0 spiro atoms. The number of rotatable bonds is 6. The largest absolute Gasteiger partial charge is 0.303 e. The van der Waals surface area contributed by atoms with Crippen molar-refractivity contribution in [2.24, 2.45) is 0 Å². The second-order valence-electron chi connectivity index (χ2n) is 6.54. The smallest absolute Gasteiger partial charge is 0.191 e. The van der Waals surface area contributed by atoms with Gasteiger partial charge in [-0.25, -0.2) is 0 Å². The van der Waals surface area contributed by atoms with Crippen LogP contribution in [0.4, 0.5) is 0 Å². The highest BCUT2D eigenvalue weighted by molar-refractivity contribution is 7.98. The number of nitrogens with zero attached hydrogens (tertiary/aromatic N) is 4. The Labute approximate surface area is 160 Å². The van der Waals surface area contributed by atoms with E-state index in [0.29, 0.717) is 6.04 Å². The molecule has 0 amide bonds. The number of aromatic nitrogens is 4. The van der Waals surface area contributed by atoms with E-state index in [0.717, 1.165) is 34.4 Å². The number of pyridine rings is 1. The summed E-state index contributed by atoms with van der Waals surface area (Å²) in [6, 6.07) is 17.3. The second kappa shape index (κ2) is 6.85. The van der Waals surface area contributed by atoms with Crippen LogP contribution in [0.15, 0.2) is 59.1 Å². The number of thioether (sulfide) groups is 1. The first kappa shape index (κ1) is 16.0. The fourth-order valence-corrected chi connectivity index (χ4v) is 4.75. The van der Waals surface area contributed by atoms with Crippen molar-refractivity contribution in [3.05, 3.63) is 70.3 Å². The molecule has 1 aromatic carbocycles.